The quantitative estimate of drug-likeness (QED) is 0.347. The van der Waals surface area contributed by atoms with Crippen molar-refractivity contribution in [1.82, 2.24) is 0 Å². The summed E-state index contributed by atoms with van der Waals surface area (Å²) in [5, 5.41) is 34.0. The van der Waals surface area contributed by atoms with Gasteiger partial charge in [0.25, 0.3) is 0 Å². The van der Waals surface area contributed by atoms with Gasteiger partial charge in [-0.15, -0.1) is 0 Å². The summed E-state index contributed by atoms with van der Waals surface area (Å²) >= 11 is 0. The van der Waals surface area contributed by atoms with Crippen molar-refractivity contribution in [2.45, 2.75) is 0 Å². The van der Waals surface area contributed by atoms with Crippen molar-refractivity contribution in [3.05, 3.63) is 12.4 Å². The summed E-state index contributed by atoms with van der Waals surface area (Å²) in [5.41, 5.74) is -1.11. The summed E-state index contributed by atoms with van der Waals surface area (Å²) in [6, 6.07) is 0. The van der Waals surface area contributed by atoms with Gasteiger partial charge in [0, 0.05) is 0 Å². The molecule has 0 aliphatic rings. The van der Waals surface area contributed by atoms with Crippen molar-refractivity contribution in [2.75, 3.05) is 33.5 Å². The van der Waals surface area contributed by atoms with Gasteiger partial charge >= 0.3 is 5.97 Å². The summed E-state index contributed by atoms with van der Waals surface area (Å²) in [6.45, 7) is 1.06. The van der Waals surface area contributed by atoms with Crippen LogP contribution in [0.1, 0.15) is 0 Å². The van der Waals surface area contributed by atoms with E-state index < -0.39 is 43.6 Å². The Morgan fingerprint density at radius 2 is 1.50 bits per heavy atom. The second-order valence-corrected chi connectivity index (χ2v) is 3.03. The number of hydrogen-bond donors (Lipinski definition) is 4. The number of methoxy groups -OCH3 is 1. The molecule has 0 aliphatic heterocycles. The average Bonchev–Trinajstić information content (AvgIpc) is 2.32. The first kappa shape index (κ1) is 17.4. The summed E-state index contributed by atoms with van der Waals surface area (Å²) in [4.78, 5) is 9.81. The predicted octanol–water partition coefficient (Wildman–Crippen LogP) is -1.42. The maximum atomic E-state index is 11.4. The molecule has 0 rings (SSSR count). The number of esters is 1. The zero-order valence-corrected chi connectivity index (χ0v) is 9.02. The lowest BCUT2D eigenvalue weighted by Crippen LogP contribution is -2.37. The number of aliphatic hydroxyl groups excluding tert-OH is 4. The van der Waals surface area contributed by atoms with Gasteiger partial charge in [-0.05, 0) is 0 Å². The first-order chi connectivity index (χ1) is 7.42. The van der Waals surface area contributed by atoms with Gasteiger partial charge in [-0.3, -0.25) is 0 Å². The number of rotatable bonds is 5. The Balaban J connectivity index is 0. The molecule has 0 spiro atoms. The smallest absolute Gasteiger partial charge is 0.366 e. The monoisotopic (exact) mass is 240 g/mol. The van der Waals surface area contributed by atoms with Crippen LogP contribution in [-0.4, -0.2) is 59.9 Å². The molecule has 7 heteroatoms. The Labute approximate surface area is 92.6 Å². The fraction of sp³-hybridized carbons (Fsp3) is 0.667. The van der Waals surface area contributed by atoms with E-state index in [4.69, 9.17) is 20.4 Å². The van der Waals surface area contributed by atoms with Crippen LogP contribution in [0.4, 0.5) is 4.39 Å². The van der Waals surface area contributed by atoms with Crippen LogP contribution >= 0.6 is 0 Å². The van der Waals surface area contributed by atoms with Gasteiger partial charge in [0.2, 0.25) is 5.83 Å². The van der Waals surface area contributed by atoms with Crippen LogP contribution in [0.3, 0.4) is 0 Å². The molecule has 0 aromatic rings. The summed E-state index contributed by atoms with van der Waals surface area (Å²) in [6.07, 6.45) is 0. The normalized spacial score (nSPS) is 10.1. The summed E-state index contributed by atoms with van der Waals surface area (Å²) < 4.78 is 15.3. The van der Waals surface area contributed by atoms with Crippen molar-refractivity contribution in [1.29, 1.82) is 0 Å². The molecule has 16 heavy (non-hydrogen) atoms. The molecule has 0 fully saturated rings. The molecule has 0 aromatic heterocycles. The molecule has 96 valence electrons. The predicted molar refractivity (Wildman–Crippen MR) is 53.0 cm³/mol. The number of halogens is 1. The van der Waals surface area contributed by atoms with Crippen molar-refractivity contribution in [2.24, 2.45) is 5.41 Å². The van der Waals surface area contributed by atoms with Gasteiger partial charge in [0.1, 0.15) is 0 Å². The lowest BCUT2D eigenvalue weighted by Gasteiger charge is -2.23. The Hall–Kier alpha value is -1.02. The molecule has 0 radical (unpaired) electrons. The second-order valence-electron chi connectivity index (χ2n) is 3.03. The van der Waals surface area contributed by atoms with Gasteiger partial charge in [0.15, 0.2) is 0 Å². The van der Waals surface area contributed by atoms with Crippen LogP contribution < -0.4 is 0 Å². The highest BCUT2D eigenvalue weighted by Gasteiger charge is 2.26. The third-order valence-corrected chi connectivity index (χ3v) is 1.75. The molecular formula is C9H17FO6. The van der Waals surface area contributed by atoms with E-state index in [1.807, 2.05) is 0 Å². The van der Waals surface area contributed by atoms with Crippen molar-refractivity contribution < 1.29 is 34.3 Å². The molecule has 6 nitrogen and oxygen atoms in total. The van der Waals surface area contributed by atoms with Gasteiger partial charge < -0.3 is 25.2 Å². The fourth-order valence-electron chi connectivity index (χ4n) is 0.411. The number of carbonyl (C=O) groups is 1. The van der Waals surface area contributed by atoms with E-state index in [1.165, 1.54) is 0 Å². The first-order valence-electron chi connectivity index (χ1n) is 4.29. The van der Waals surface area contributed by atoms with Crippen LogP contribution in [0.25, 0.3) is 0 Å². The number of aliphatic hydroxyl groups is 4. The highest BCUT2D eigenvalue weighted by Crippen LogP contribution is 2.11. The molecule has 0 amide bonds. The van der Waals surface area contributed by atoms with Gasteiger partial charge in [-0.2, -0.15) is 4.39 Å². The second kappa shape index (κ2) is 9.22. The Morgan fingerprint density at radius 3 is 1.50 bits per heavy atom. The van der Waals surface area contributed by atoms with Crippen molar-refractivity contribution >= 4 is 5.97 Å². The van der Waals surface area contributed by atoms with Crippen LogP contribution in [0.15, 0.2) is 12.4 Å². The van der Waals surface area contributed by atoms with E-state index in [0.29, 0.717) is 0 Å². The van der Waals surface area contributed by atoms with Crippen molar-refractivity contribution in [3.63, 3.8) is 0 Å². The third kappa shape index (κ3) is 6.46. The fourth-order valence-corrected chi connectivity index (χ4v) is 0.411. The van der Waals surface area contributed by atoms with E-state index in [2.05, 4.69) is 11.3 Å². The third-order valence-electron chi connectivity index (χ3n) is 1.75. The van der Waals surface area contributed by atoms with E-state index in [-0.39, 0.29) is 0 Å². The minimum atomic E-state index is -1.11. The first-order valence-corrected chi connectivity index (χ1v) is 4.29. The molecule has 0 unspecified atom stereocenters. The van der Waals surface area contributed by atoms with Crippen LogP contribution in [0.5, 0.6) is 0 Å². The summed E-state index contributed by atoms with van der Waals surface area (Å²) in [5.74, 6) is -2.08. The standard InChI is InChI=1S/C5H12O4.C4H5FO2/c6-1-5(2-7,3-8)4-9;1-3(5)4(6)7-2/h6-9H,1-4H2;1H2,2H3. The Bertz CT molecular complexity index is 197. The molecule has 4 N–H and O–H groups in total. The van der Waals surface area contributed by atoms with E-state index >= 15 is 0 Å². The van der Waals surface area contributed by atoms with Crippen LogP contribution in [0, 0.1) is 5.41 Å². The van der Waals surface area contributed by atoms with Gasteiger partial charge in [0.05, 0.1) is 39.0 Å². The van der Waals surface area contributed by atoms with E-state index in [1.54, 1.807) is 0 Å². The highest BCUT2D eigenvalue weighted by atomic mass is 19.1. The molecule has 0 saturated heterocycles. The zero-order chi connectivity index (χ0) is 13.2. The number of carbonyl (C=O) groups excluding carboxylic acids is 1. The van der Waals surface area contributed by atoms with Gasteiger partial charge in [-0.1, -0.05) is 6.58 Å². The lowest BCUT2D eigenvalue weighted by molar-refractivity contribution is -0.137. The molecule has 0 heterocycles. The minimum absolute atomic E-state index is 0.406. The largest absolute Gasteiger partial charge is 0.464 e. The number of ether oxygens (including phenoxy) is 1. The molecule has 0 aromatic carbocycles. The molecule has 0 atom stereocenters. The molecular weight excluding hydrogens is 223 g/mol. The highest BCUT2D eigenvalue weighted by molar-refractivity contribution is 5.84. The summed E-state index contributed by atoms with van der Waals surface area (Å²) in [7, 11) is 1.09. The Morgan fingerprint density at radius 1 is 1.19 bits per heavy atom. The van der Waals surface area contributed by atoms with Crippen LogP contribution in [0.2, 0.25) is 0 Å². The number of hydrogen-bond acceptors (Lipinski definition) is 6. The minimum Gasteiger partial charge on any atom is -0.464 e. The maximum absolute atomic E-state index is 11.4. The molecule has 0 aliphatic carbocycles. The van der Waals surface area contributed by atoms with Crippen LogP contribution in [-0.2, 0) is 9.53 Å². The van der Waals surface area contributed by atoms with E-state index in [9.17, 15) is 9.18 Å². The average molecular weight is 240 g/mol. The Kier molecular flexibility index (Phi) is 10.0. The SMILES string of the molecule is C=C(F)C(=O)OC.OCC(CO)(CO)CO. The zero-order valence-electron chi connectivity index (χ0n) is 9.02. The van der Waals surface area contributed by atoms with E-state index in [0.717, 1.165) is 7.11 Å². The van der Waals surface area contributed by atoms with Crippen molar-refractivity contribution in [3.8, 4) is 0 Å². The molecule has 0 saturated carbocycles. The molecule has 0 bridgehead atoms. The maximum Gasteiger partial charge on any atom is 0.366 e. The topological polar surface area (TPSA) is 107 Å². The lowest BCUT2D eigenvalue weighted by atomic mass is 9.93. The van der Waals surface area contributed by atoms with Gasteiger partial charge in [-0.25, -0.2) is 4.79 Å².